The van der Waals surface area contributed by atoms with Crippen LogP contribution in [0.15, 0.2) is 30.3 Å². The van der Waals surface area contributed by atoms with Crippen LogP contribution in [0.4, 0.5) is 11.6 Å². The predicted octanol–water partition coefficient (Wildman–Crippen LogP) is 2.45. The van der Waals surface area contributed by atoms with Crippen LogP contribution >= 0.6 is 0 Å². The second kappa shape index (κ2) is 9.19. The lowest BCUT2D eigenvalue weighted by Gasteiger charge is -2.35. The van der Waals surface area contributed by atoms with E-state index in [1.165, 1.54) is 19.3 Å². The summed E-state index contributed by atoms with van der Waals surface area (Å²) >= 11 is 0. The van der Waals surface area contributed by atoms with Crippen molar-refractivity contribution in [2.24, 2.45) is 0 Å². The van der Waals surface area contributed by atoms with Gasteiger partial charge in [-0.15, -0.1) is 10.2 Å². The van der Waals surface area contributed by atoms with Crippen molar-refractivity contribution in [1.29, 1.82) is 0 Å². The Morgan fingerprint density at radius 1 is 0.800 bits per heavy atom. The number of amides is 1. The van der Waals surface area contributed by atoms with Gasteiger partial charge in [0.1, 0.15) is 0 Å². The Morgan fingerprint density at radius 3 is 2.00 bits per heavy atom. The molecule has 2 aliphatic heterocycles. The first kappa shape index (κ1) is 20.3. The van der Waals surface area contributed by atoms with Gasteiger partial charge in [0, 0.05) is 39.3 Å². The van der Waals surface area contributed by atoms with Crippen LogP contribution in [0, 0.1) is 0 Å². The topological polar surface area (TPSA) is 71.0 Å². The number of piperazine rings is 1. The van der Waals surface area contributed by atoms with E-state index < -0.39 is 0 Å². The Bertz CT molecular complexity index is 860. The normalized spacial score (nSPS) is 17.1. The molecule has 0 atom stereocenters. The average Bonchev–Trinajstić information content (AvgIpc) is 2.83. The monoisotopic (exact) mass is 411 g/mol. The third kappa shape index (κ3) is 4.13. The van der Waals surface area contributed by atoms with Gasteiger partial charge in [0.25, 0.3) is 5.91 Å². The number of benzene rings is 1. The quantitative estimate of drug-likeness (QED) is 0.748. The number of ether oxygens (including phenoxy) is 2. The first-order chi connectivity index (χ1) is 14.7. The largest absolute Gasteiger partial charge is 0.493 e. The number of nitrogens with zero attached hydrogens (tertiary/aromatic N) is 5. The van der Waals surface area contributed by atoms with Crippen molar-refractivity contribution < 1.29 is 14.3 Å². The number of anilines is 2. The lowest BCUT2D eigenvalue weighted by Crippen LogP contribution is -2.49. The fourth-order valence-corrected chi connectivity index (χ4v) is 4.14. The first-order valence-corrected chi connectivity index (χ1v) is 10.5. The van der Waals surface area contributed by atoms with Gasteiger partial charge < -0.3 is 24.2 Å². The predicted molar refractivity (Wildman–Crippen MR) is 116 cm³/mol. The van der Waals surface area contributed by atoms with Gasteiger partial charge >= 0.3 is 0 Å². The smallest absolute Gasteiger partial charge is 0.257 e. The molecule has 0 N–H and O–H groups in total. The summed E-state index contributed by atoms with van der Waals surface area (Å²) in [5.41, 5.74) is 0.524. The second-order valence-corrected chi connectivity index (χ2v) is 7.62. The molecule has 4 rings (SSSR count). The van der Waals surface area contributed by atoms with Gasteiger partial charge in [-0.25, -0.2) is 0 Å². The van der Waals surface area contributed by atoms with Crippen molar-refractivity contribution in [3.05, 3.63) is 35.9 Å². The van der Waals surface area contributed by atoms with Crippen molar-refractivity contribution >= 4 is 17.5 Å². The highest BCUT2D eigenvalue weighted by molar-refractivity contribution is 5.98. The first-order valence-electron chi connectivity index (χ1n) is 10.5. The molecule has 2 aromatic rings. The number of methoxy groups -OCH3 is 2. The van der Waals surface area contributed by atoms with E-state index in [0.29, 0.717) is 30.2 Å². The van der Waals surface area contributed by atoms with Crippen molar-refractivity contribution in [3.8, 4) is 11.5 Å². The van der Waals surface area contributed by atoms with E-state index in [4.69, 9.17) is 9.47 Å². The van der Waals surface area contributed by atoms with Crippen molar-refractivity contribution in [3.63, 3.8) is 0 Å². The summed E-state index contributed by atoms with van der Waals surface area (Å²) in [4.78, 5) is 19.4. The minimum Gasteiger partial charge on any atom is -0.493 e. The Labute approximate surface area is 177 Å². The number of hydrogen-bond acceptors (Lipinski definition) is 7. The molecule has 1 aromatic heterocycles. The molecule has 0 unspecified atom stereocenters. The molecule has 2 saturated heterocycles. The molecule has 30 heavy (non-hydrogen) atoms. The Kier molecular flexibility index (Phi) is 6.21. The number of rotatable bonds is 5. The van der Waals surface area contributed by atoms with Gasteiger partial charge in [-0.3, -0.25) is 4.79 Å². The molecular formula is C22H29N5O3. The van der Waals surface area contributed by atoms with Gasteiger partial charge in [0.2, 0.25) is 0 Å². The molecule has 0 aliphatic carbocycles. The zero-order valence-electron chi connectivity index (χ0n) is 17.7. The highest BCUT2D eigenvalue weighted by Crippen LogP contribution is 2.31. The van der Waals surface area contributed by atoms with E-state index in [9.17, 15) is 4.79 Å². The van der Waals surface area contributed by atoms with E-state index in [-0.39, 0.29) is 5.91 Å². The van der Waals surface area contributed by atoms with E-state index in [1.54, 1.807) is 26.4 Å². The molecule has 0 bridgehead atoms. The zero-order chi connectivity index (χ0) is 20.9. The van der Waals surface area contributed by atoms with Crippen LogP contribution in [0.25, 0.3) is 0 Å². The highest BCUT2D eigenvalue weighted by atomic mass is 16.5. The van der Waals surface area contributed by atoms with Crippen molar-refractivity contribution in [2.45, 2.75) is 19.3 Å². The van der Waals surface area contributed by atoms with Gasteiger partial charge in [-0.2, -0.15) is 0 Å². The molecule has 8 nitrogen and oxygen atoms in total. The van der Waals surface area contributed by atoms with Crippen LogP contribution in [-0.2, 0) is 0 Å². The summed E-state index contributed by atoms with van der Waals surface area (Å²) in [6, 6.07) is 9.48. The van der Waals surface area contributed by atoms with Crippen molar-refractivity contribution in [2.75, 3.05) is 63.3 Å². The van der Waals surface area contributed by atoms with Crippen LogP contribution in [0.3, 0.4) is 0 Å². The molecule has 3 heterocycles. The fourth-order valence-electron chi connectivity index (χ4n) is 4.14. The Balaban J connectivity index is 1.38. The molecule has 0 saturated carbocycles. The molecule has 0 spiro atoms. The van der Waals surface area contributed by atoms with E-state index >= 15 is 0 Å². The Hall–Kier alpha value is -3.03. The maximum absolute atomic E-state index is 13.0. The number of para-hydroxylation sites is 1. The van der Waals surface area contributed by atoms with Gasteiger partial charge in [-0.1, -0.05) is 6.07 Å². The maximum atomic E-state index is 13.0. The van der Waals surface area contributed by atoms with Gasteiger partial charge in [0.15, 0.2) is 23.1 Å². The van der Waals surface area contributed by atoms with Gasteiger partial charge in [0.05, 0.1) is 19.8 Å². The SMILES string of the molecule is COc1cccc(C(=O)N2CCN(c3ccc(N4CCCCC4)nn3)CC2)c1OC. The number of hydrogen-bond donors (Lipinski definition) is 0. The number of carbonyl (C=O) groups excluding carboxylic acids is 1. The third-order valence-electron chi connectivity index (χ3n) is 5.84. The minimum absolute atomic E-state index is 0.0445. The molecular weight excluding hydrogens is 382 g/mol. The second-order valence-electron chi connectivity index (χ2n) is 7.62. The summed E-state index contributed by atoms with van der Waals surface area (Å²) in [5, 5.41) is 8.89. The van der Waals surface area contributed by atoms with Crippen LogP contribution in [0.1, 0.15) is 29.6 Å². The maximum Gasteiger partial charge on any atom is 0.257 e. The van der Waals surface area contributed by atoms with Crippen LogP contribution in [-0.4, -0.2) is 74.5 Å². The molecule has 0 radical (unpaired) electrons. The lowest BCUT2D eigenvalue weighted by atomic mass is 10.1. The molecule has 1 aromatic carbocycles. The summed E-state index contributed by atoms with van der Waals surface area (Å²) in [7, 11) is 3.13. The molecule has 8 heteroatoms. The number of piperidine rings is 1. The minimum atomic E-state index is -0.0445. The van der Waals surface area contributed by atoms with E-state index in [0.717, 1.165) is 37.8 Å². The van der Waals surface area contributed by atoms with Crippen LogP contribution in [0.5, 0.6) is 11.5 Å². The number of carbonyl (C=O) groups is 1. The van der Waals surface area contributed by atoms with Gasteiger partial charge in [-0.05, 0) is 43.5 Å². The summed E-state index contributed by atoms with van der Waals surface area (Å²) in [5.74, 6) is 2.81. The lowest BCUT2D eigenvalue weighted by molar-refractivity contribution is 0.0742. The summed E-state index contributed by atoms with van der Waals surface area (Å²) in [6.07, 6.45) is 3.74. The van der Waals surface area contributed by atoms with Crippen LogP contribution in [0.2, 0.25) is 0 Å². The summed E-state index contributed by atoms with van der Waals surface area (Å²) < 4.78 is 10.7. The average molecular weight is 412 g/mol. The molecule has 2 fully saturated rings. The standard InChI is InChI=1S/C22H29N5O3/c1-29-18-8-6-7-17(21(18)30-2)22(28)27-15-13-26(14-16-27)20-10-9-19(23-24-20)25-11-4-3-5-12-25/h6-10H,3-5,11-16H2,1-2H3. The fraction of sp³-hybridized carbons (Fsp3) is 0.500. The molecule has 1 amide bonds. The molecule has 2 aliphatic rings. The molecule has 160 valence electrons. The third-order valence-corrected chi connectivity index (χ3v) is 5.84. The summed E-state index contributed by atoms with van der Waals surface area (Å²) in [6.45, 7) is 4.79. The van der Waals surface area contributed by atoms with Crippen LogP contribution < -0.4 is 19.3 Å². The number of aromatic nitrogens is 2. The van der Waals surface area contributed by atoms with E-state index in [1.807, 2.05) is 17.0 Å². The highest BCUT2D eigenvalue weighted by Gasteiger charge is 2.26. The van der Waals surface area contributed by atoms with E-state index in [2.05, 4.69) is 26.1 Å². The Morgan fingerprint density at radius 2 is 1.43 bits per heavy atom. The van der Waals surface area contributed by atoms with Crippen molar-refractivity contribution in [1.82, 2.24) is 15.1 Å². The zero-order valence-corrected chi connectivity index (χ0v) is 17.7.